The summed E-state index contributed by atoms with van der Waals surface area (Å²) >= 11 is 0. The number of aromatic nitrogens is 4. The molecule has 1 atom stereocenters. The SMILES string of the molecule is Cc1nccc([C@H]2CCCN(C(=O)CCCn3ccnc3)C2)n1. The average molecular weight is 313 g/mol. The van der Waals surface area contributed by atoms with Crippen LogP contribution < -0.4 is 0 Å². The molecule has 1 amide bonds. The number of carbonyl (C=O) groups is 1. The van der Waals surface area contributed by atoms with Gasteiger partial charge in [-0.1, -0.05) is 0 Å². The number of rotatable bonds is 5. The molecule has 0 spiro atoms. The quantitative estimate of drug-likeness (QED) is 0.848. The second kappa shape index (κ2) is 7.35. The zero-order valence-electron chi connectivity index (χ0n) is 13.6. The molecule has 2 aromatic heterocycles. The number of hydrogen-bond acceptors (Lipinski definition) is 4. The molecule has 0 aromatic carbocycles. The van der Waals surface area contributed by atoms with Gasteiger partial charge in [0, 0.05) is 56.3 Å². The molecule has 1 saturated heterocycles. The largest absolute Gasteiger partial charge is 0.342 e. The first-order valence-corrected chi connectivity index (χ1v) is 8.25. The highest BCUT2D eigenvalue weighted by atomic mass is 16.2. The van der Waals surface area contributed by atoms with E-state index in [1.165, 1.54) is 0 Å². The third-order valence-corrected chi connectivity index (χ3v) is 4.36. The van der Waals surface area contributed by atoms with Gasteiger partial charge < -0.3 is 9.47 Å². The fourth-order valence-electron chi connectivity index (χ4n) is 3.14. The number of likely N-dealkylation sites (tertiary alicyclic amines) is 1. The van der Waals surface area contributed by atoms with E-state index in [-0.39, 0.29) is 5.91 Å². The van der Waals surface area contributed by atoms with Crippen LogP contribution in [0.1, 0.15) is 43.1 Å². The number of aryl methyl sites for hydroxylation is 2. The second-order valence-corrected chi connectivity index (χ2v) is 6.11. The molecule has 1 aliphatic heterocycles. The summed E-state index contributed by atoms with van der Waals surface area (Å²) in [7, 11) is 0. The number of piperidine rings is 1. The molecule has 2 aromatic rings. The molecule has 1 aliphatic rings. The van der Waals surface area contributed by atoms with E-state index in [0.717, 1.165) is 50.4 Å². The van der Waals surface area contributed by atoms with Gasteiger partial charge in [-0.3, -0.25) is 4.79 Å². The lowest BCUT2D eigenvalue weighted by molar-refractivity contribution is -0.132. The van der Waals surface area contributed by atoms with Gasteiger partial charge >= 0.3 is 0 Å². The molecular formula is C17H23N5O. The van der Waals surface area contributed by atoms with Gasteiger partial charge in [0.25, 0.3) is 0 Å². The van der Waals surface area contributed by atoms with Gasteiger partial charge in [-0.05, 0) is 32.3 Å². The minimum Gasteiger partial charge on any atom is -0.342 e. The van der Waals surface area contributed by atoms with E-state index in [1.807, 2.05) is 34.9 Å². The lowest BCUT2D eigenvalue weighted by atomic mass is 9.94. The lowest BCUT2D eigenvalue weighted by Crippen LogP contribution is -2.39. The summed E-state index contributed by atoms with van der Waals surface area (Å²) in [5.41, 5.74) is 1.06. The smallest absolute Gasteiger partial charge is 0.222 e. The van der Waals surface area contributed by atoms with Gasteiger partial charge in [0.2, 0.25) is 5.91 Å². The minimum atomic E-state index is 0.251. The molecule has 0 unspecified atom stereocenters. The first kappa shape index (κ1) is 15.6. The fraction of sp³-hybridized carbons (Fsp3) is 0.529. The van der Waals surface area contributed by atoms with Gasteiger partial charge in [-0.25, -0.2) is 15.0 Å². The Bertz CT molecular complexity index is 640. The van der Waals surface area contributed by atoms with Gasteiger partial charge in [0.1, 0.15) is 5.82 Å². The van der Waals surface area contributed by atoms with Crippen LogP contribution in [0.3, 0.4) is 0 Å². The van der Waals surface area contributed by atoms with Crippen molar-refractivity contribution in [1.82, 2.24) is 24.4 Å². The summed E-state index contributed by atoms with van der Waals surface area (Å²) in [5.74, 6) is 1.38. The number of amides is 1. The maximum absolute atomic E-state index is 12.4. The van der Waals surface area contributed by atoms with Gasteiger partial charge in [0.15, 0.2) is 0 Å². The Morgan fingerprint density at radius 1 is 1.39 bits per heavy atom. The predicted molar refractivity (Wildman–Crippen MR) is 86.8 cm³/mol. The molecule has 0 aliphatic carbocycles. The third kappa shape index (κ3) is 4.15. The maximum atomic E-state index is 12.4. The molecule has 1 fully saturated rings. The lowest BCUT2D eigenvalue weighted by Gasteiger charge is -2.32. The van der Waals surface area contributed by atoms with Crippen molar-refractivity contribution in [2.75, 3.05) is 13.1 Å². The van der Waals surface area contributed by atoms with Gasteiger partial charge in [-0.2, -0.15) is 0 Å². The summed E-state index contributed by atoms with van der Waals surface area (Å²) in [4.78, 5) is 27.1. The number of nitrogens with zero attached hydrogens (tertiary/aromatic N) is 5. The number of carbonyl (C=O) groups excluding carboxylic acids is 1. The van der Waals surface area contributed by atoms with E-state index < -0.39 is 0 Å². The Morgan fingerprint density at radius 2 is 2.30 bits per heavy atom. The molecule has 3 heterocycles. The van der Waals surface area contributed by atoms with Gasteiger partial charge in [0.05, 0.1) is 6.33 Å². The third-order valence-electron chi connectivity index (χ3n) is 4.36. The first-order valence-electron chi connectivity index (χ1n) is 8.25. The molecule has 6 nitrogen and oxygen atoms in total. The van der Waals surface area contributed by atoms with E-state index >= 15 is 0 Å². The second-order valence-electron chi connectivity index (χ2n) is 6.11. The van der Waals surface area contributed by atoms with Crippen molar-refractivity contribution in [1.29, 1.82) is 0 Å². The van der Waals surface area contributed by atoms with Crippen LogP contribution in [0.15, 0.2) is 31.0 Å². The van der Waals surface area contributed by atoms with Crippen LogP contribution in [0.25, 0.3) is 0 Å². The van der Waals surface area contributed by atoms with Gasteiger partial charge in [-0.15, -0.1) is 0 Å². The zero-order chi connectivity index (χ0) is 16.1. The Kier molecular flexibility index (Phi) is 5.00. The minimum absolute atomic E-state index is 0.251. The molecule has 3 rings (SSSR count). The standard InChI is InChI=1S/C17H23N5O/c1-14-19-7-6-16(20-14)15-4-2-10-22(12-15)17(23)5-3-9-21-11-8-18-13-21/h6-8,11,13,15H,2-5,9-10,12H2,1H3/t15-/m0/s1. The van der Waals surface area contributed by atoms with Crippen molar-refractivity contribution in [3.63, 3.8) is 0 Å². The highest BCUT2D eigenvalue weighted by Gasteiger charge is 2.25. The summed E-state index contributed by atoms with van der Waals surface area (Å²) in [5, 5.41) is 0. The van der Waals surface area contributed by atoms with Crippen molar-refractivity contribution in [3.8, 4) is 0 Å². The van der Waals surface area contributed by atoms with E-state index in [4.69, 9.17) is 0 Å². The number of hydrogen-bond donors (Lipinski definition) is 0. The molecule has 0 N–H and O–H groups in total. The van der Waals surface area contributed by atoms with Crippen molar-refractivity contribution < 1.29 is 4.79 Å². The van der Waals surface area contributed by atoms with Crippen molar-refractivity contribution in [2.24, 2.45) is 0 Å². The predicted octanol–water partition coefficient (Wildman–Crippen LogP) is 2.17. The van der Waals surface area contributed by atoms with Crippen LogP contribution >= 0.6 is 0 Å². The van der Waals surface area contributed by atoms with Crippen LogP contribution in [0.5, 0.6) is 0 Å². The van der Waals surface area contributed by atoms with E-state index in [1.54, 1.807) is 12.5 Å². The van der Waals surface area contributed by atoms with Crippen molar-refractivity contribution >= 4 is 5.91 Å². The highest BCUT2D eigenvalue weighted by molar-refractivity contribution is 5.76. The maximum Gasteiger partial charge on any atom is 0.222 e. The Morgan fingerprint density at radius 3 is 3.09 bits per heavy atom. The Labute approximate surface area is 136 Å². The normalized spacial score (nSPS) is 18.1. The van der Waals surface area contributed by atoms with Crippen molar-refractivity contribution in [2.45, 2.75) is 45.1 Å². The van der Waals surface area contributed by atoms with Crippen molar-refractivity contribution in [3.05, 3.63) is 42.5 Å². The highest BCUT2D eigenvalue weighted by Crippen LogP contribution is 2.25. The first-order chi connectivity index (χ1) is 11.2. The monoisotopic (exact) mass is 313 g/mol. The molecule has 122 valence electrons. The molecule has 0 radical (unpaired) electrons. The molecular weight excluding hydrogens is 290 g/mol. The van der Waals surface area contributed by atoms with E-state index in [0.29, 0.717) is 12.3 Å². The van der Waals surface area contributed by atoms with E-state index in [2.05, 4.69) is 15.0 Å². The van der Waals surface area contributed by atoms with Crippen LogP contribution in [-0.4, -0.2) is 43.4 Å². The summed E-state index contributed by atoms with van der Waals surface area (Å²) in [6.07, 6.45) is 10.9. The summed E-state index contributed by atoms with van der Waals surface area (Å²) in [6.45, 7) is 4.39. The summed E-state index contributed by atoms with van der Waals surface area (Å²) in [6, 6.07) is 1.98. The zero-order valence-corrected chi connectivity index (χ0v) is 13.6. The van der Waals surface area contributed by atoms with Crippen LogP contribution in [0, 0.1) is 6.92 Å². The Hall–Kier alpha value is -2.24. The number of imidazole rings is 1. The molecule has 23 heavy (non-hydrogen) atoms. The van der Waals surface area contributed by atoms with E-state index in [9.17, 15) is 4.79 Å². The average Bonchev–Trinajstić information content (AvgIpc) is 3.08. The fourth-order valence-corrected chi connectivity index (χ4v) is 3.14. The topological polar surface area (TPSA) is 63.9 Å². The summed E-state index contributed by atoms with van der Waals surface area (Å²) < 4.78 is 2.01. The molecule has 0 saturated carbocycles. The Balaban J connectivity index is 1.52. The van der Waals surface area contributed by atoms with Crippen LogP contribution in [-0.2, 0) is 11.3 Å². The van der Waals surface area contributed by atoms with Crippen LogP contribution in [0.2, 0.25) is 0 Å². The molecule has 6 heteroatoms. The molecule has 0 bridgehead atoms. The van der Waals surface area contributed by atoms with Crippen LogP contribution in [0.4, 0.5) is 0 Å².